The number of hydrogen-bond donors (Lipinski definition) is 3. The molecule has 1 rings (SSSR count). The molecule has 0 atom stereocenters. The highest BCUT2D eigenvalue weighted by atomic mass is 127. The van der Waals surface area contributed by atoms with Crippen molar-refractivity contribution in [1.29, 1.82) is 0 Å². The molecule has 0 radical (unpaired) electrons. The second-order valence-electron chi connectivity index (χ2n) is 5.52. The topological polar surface area (TPSA) is 82.6 Å². The number of aliphatic imine (C=N–C) groups is 1. The molecular weight excluding hydrogens is 403 g/mol. The van der Waals surface area contributed by atoms with Gasteiger partial charge < -0.3 is 10.6 Å². The zero-order valence-electron chi connectivity index (χ0n) is 13.2. The van der Waals surface area contributed by atoms with Crippen LogP contribution in [0.15, 0.2) is 4.99 Å². The molecule has 0 aromatic rings. The number of guanidine groups is 1. The van der Waals surface area contributed by atoms with Crippen molar-refractivity contribution in [2.45, 2.75) is 46.1 Å². The summed E-state index contributed by atoms with van der Waals surface area (Å²) >= 11 is 0. The Kier molecular flexibility index (Phi) is 10.6. The highest BCUT2D eigenvalue weighted by molar-refractivity contribution is 14.0. The Morgan fingerprint density at radius 3 is 2.48 bits per heavy atom. The molecule has 0 amide bonds. The van der Waals surface area contributed by atoms with Crippen LogP contribution in [0.4, 0.5) is 0 Å². The van der Waals surface area contributed by atoms with E-state index in [-0.39, 0.29) is 42.3 Å². The van der Waals surface area contributed by atoms with Crippen LogP contribution in [-0.4, -0.2) is 45.8 Å². The van der Waals surface area contributed by atoms with Crippen LogP contribution in [0, 0.1) is 5.92 Å². The van der Waals surface area contributed by atoms with E-state index in [0.29, 0.717) is 18.4 Å². The molecule has 21 heavy (non-hydrogen) atoms. The van der Waals surface area contributed by atoms with Crippen molar-refractivity contribution in [3.8, 4) is 0 Å². The lowest BCUT2D eigenvalue weighted by Crippen LogP contribution is -2.41. The van der Waals surface area contributed by atoms with Crippen molar-refractivity contribution in [3.63, 3.8) is 0 Å². The van der Waals surface area contributed by atoms with E-state index in [1.54, 1.807) is 0 Å². The van der Waals surface area contributed by atoms with Gasteiger partial charge >= 0.3 is 0 Å². The highest BCUT2D eigenvalue weighted by Crippen LogP contribution is 2.25. The molecule has 1 aliphatic carbocycles. The van der Waals surface area contributed by atoms with Gasteiger partial charge in [0.2, 0.25) is 10.0 Å². The van der Waals surface area contributed by atoms with E-state index < -0.39 is 10.0 Å². The summed E-state index contributed by atoms with van der Waals surface area (Å²) in [5.74, 6) is 1.24. The summed E-state index contributed by atoms with van der Waals surface area (Å²) in [6.07, 6.45) is 3.51. The normalized spacial score (nSPS) is 16.3. The first-order valence-corrected chi connectivity index (χ1v) is 9.10. The molecule has 0 aliphatic heterocycles. The van der Waals surface area contributed by atoms with Gasteiger partial charge in [-0.1, -0.05) is 6.42 Å². The summed E-state index contributed by atoms with van der Waals surface area (Å²) in [5.41, 5.74) is 0. The van der Waals surface area contributed by atoms with E-state index in [4.69, 9.17) is 0 Å². The van der Waals surface area contributed by atoms with Gasteiger partial charge in [-0.3, -0.25) is 4.99 Å². The van der Waals surface area contributed by atoms with E-state index in [0.717, 1.165) is 19.4 Å². The maximum Gasteiger partial charge on any atom is 0.213 e. The third-order valence-corrected chi connectivity index (χ3v) is 4.54. The minimum atomic E-state index is -3.20. The zero-order valence-corrected chi connectivity index (χ0v) is 16.3. The van der Waals surface area contributed by atoms with Crippen molar-refractivity contribution < 1.29 is 8.42 Å². The summed E-state index contributed by atoms with van der Waals surface area (Å²) in [5, 5.41) is 6.25. The SMILES string of the molecule is CCNC(=NCCS(=O)(=O)NCC1CCC1)NC(C)C.I. The number of nitrogens with zero attached hydrogens (tertiary/aromatic N) is 1. The Hall–Kier alpha value is -0.0900. The lowest BCUT2D eigenvalue weighted by atomic mass is 9.86. The minimum Gasteiger partial charge on any atom is -0.357 e. The Bertz CT molecular complexity index is 408. The van der Waals surface area contributed by atoms with Gasteiger partial charge in [0, 0.05) is 19.1 Å². The van der Waals surface area contributed by atoms with Crippen LogP contribution in [0.2, 0.25) is 0 Å². The fourth-order valence-electron chi connectivity index (χ4n) is 1.88. The van der Waals surface area contributed by atoms with Crippen molar-refractivity contribution in [2.24, 2.45) is 10.9 Å². The monoisotopic (exact) mass is 432 g/mol. The standard InChI is InChI=1S/C13H28N4O2S.HI/c1-4-14-13(17-11(2)3)15-8-9-20(18,19)16-10-12-6-5-7-12;/h11-12,16H,4-10H2,1-3H3,(H2,14,15,17);1H. The predicted molar refractivity (Wildman–Crippen MR) is 98.8 cm³/mol. The van der Waals surface area contributed by atoms with Crippen LogP contribution >= 0.6 is 24.0 Å². The molecule has 6 nitrogen and oxygen atoms in total. The fraction of sp³-hybridized carbons (Fsp3) is 0.923. The molecule has 3 N–H and O–H groups in total. The molecule has 0 aromatic carbocycles. The molecule has 0 heterocycles. The van der Waals surface area contributed by atoms with Gasteiger partial charge in [0.1, 0.15) is 0 Å². The second-order valence-corrected chi connectivity index (χ2v) is 7.45. The van der Waals surface area contributed by atoms with Crippen LogP contribution in [0.25, 0.3) is 0 Å². The smallest absolute Gasteiger partial charge is 0.213 e. The largest absolute Gasteiger partial charge is 0.357 e. The molecule has 0 aromatic heterocycles. The second kappa shape index (κ2) is 10.6. The minimum absolute atomic E-state index is 0. The number of sulfonamides is 1. The first-order valence-electron chi connectivity index (χ1n) is 7.45. The van der Waals surface area contributed by atoms with Gasteiger partial charge in [-0.15, -0.1) is 24.0 Å². The fourth-order valence-corrected chi connectivity index (χ4v) is 2.85. The average molecular weight is 432 g/mol. The molecule has 1 saturated carbocycles. The zero-order chi connectivity index (χ0) is 15.0. The third kappa shape index (κ3) is 9.51. The number of nitrogens with one attached hydrogen (secondary N) is 3. The Balaban J connectivity index is 0.00000400. The Labute approximate surface area is 146 Å². The molecule has 0 spiro atoms. The van der Waals surface area contributed by atoms with Gasteiger partial charge in [-0.05, 0) is 39.5 Å². The van der Waals surface area contributed by atoms with Gasteiger partial charge in [0.05, 0.1) is 12.3 Å². The number of halogens is 1. The van der Waals surface area contributed by atoms with Crippen LogP contribution in [-0.2, 0) is 10.0 Å². The third-order valence-electron chi connectivity index (χ3n) is 3.22. The van der Waals surface area contributed by atoms with Gasteiger partial charge in [0.25, 0.3) is 0 Å². The first-order chi connectivity index (χ1) is 9.43. The van der Waals surface area contributed by atoms with Crippen molar-refractivity contribution >= 4 is 40.0 Å². The van der Waals surface area contributed by atoms with Crippen molar-refractivity contribution in [2.75, 3.05) is 25.4 Å². The Morgan fingerprint density at radius 1 is 1.33 bits per heavy atom. The number of rotatable bonds is 8. The predicted octanol–water partition coefficient (Wildman–Crippen LogP) is 1.29. The summed E-state index contributed by atoms with van der Waals surface area (Å²) in [7, 11) is -3.20. The maximum atomic E-state index is 11.8. The molecule has 0 unspecified atom stereocenters. The molecule has 1 fully saturated rings. The van der Waals surface area contributed by atoms with E-state index in [1.807, 2.05) is 20.8 Å². The lowest BCUT2D eigenvalue weighted by molar-refractivity contribution is 0.316. The Morgan fingerprint density at radius 2 is 2.00 bits per heavy atom. The molecular formula is C13H29IN4O2S. The quantitative estimate of drug-likeness (QED) is 0.307. The molecule has 8 heteroatoms. The van der Waals surface area contributed by atoms with Crippen LogP contribution < -0.4 is 15.4 Å². The van der Waals surface area contributed by atoms with Crippen LogP contribution in [0.3, 0.4) is 0 Å². The number of hydrogen-bond acceptors (Lipinski definition) is 3. The average Bonchev–Trinajstić information content (AvgIpc) is 2.25. The molecule has 1 aliphatic rings. The summed E-state index contributed by atoms with van der Waals surface area (Å²) in [6.45, 7) is 7.62. The summed E-state index contributed by atoms with van der Waals surface area (Å²) in [4.78, 5) is 4.28. The van der Waals surface area contributed by atoms with Crippen LogP contribution in [0.5, 0.6) is 0 Å². The summed E-state index contributed by atoms with van der Waals surface area (Å²) < 4.78 is 26.3. The molecule has 0 saturated heterocycles. The van der Waals surface area contributed by atoms with E-state index in [9.17, 15) is 8.42 Å². The summed E-state index contributed by atoms with van der Waals surface area (Å²) in [6, 6.07) is 0.265. The van der Waals surface area contributed by atoms with Crippen molar-refractivity contribution in [1.82, 2.24) is 15.4 Å². The van der Waals surface area contributed by atoms with E-state index in [2.05, 4.69) is 20.3 Å². The molecule has 0 bridgehead atoms. The molecule has 126 valence electrons. The van der Waals surface area contributed by atoms with E-state index >= 15 is 0 Å². The van der Waals surface area contributed by atoms with E-state index in [1.165, 1.54) is 6.42 Å². The van der Waals surface area contributed by atoms with Gasteiger partial charge in [-0.25, -0.2) is 13.1 Å². The van der Waals surface area contributed by atoms with Gasteiger partial charge in [-0.2, -0.15) is 0 Å². The lowest BCUT2D eigenvalue weighted by Gasteiger charge is -2.25. The van der Waals surface area contributed by atoms with Crippen molar-refractivity contribution in [3.05, 3.63) is 0 Å². The highest BCUT2D eigenvalue weighted by Gasteiger charge is 2.19. The first kappa shape index (κ1) is 20.9. The maximum absolute atomic E-state index is 11.8. The van der Waals surface area contributed by atoms with Gasteiger partial charge in [0.15, 0.2) is 5.96 Å². The van der Waals surface area contributed by atoms with Crippen LogP contribution in [0.1, 0.15) is 40.0 Å².